The van der Waals surface area contributed by atoms with Crippen LogP contribution < -0.4 is 5.32 Å². The van der Waals surface area contributed by atoms with E-state index in [1.54, 1.807) is 0 Å². The lowest BCUT2D eigenvalue weighted by atomic mass is 10.2. The predicted octanol–water partition coefficient (Wildman–Crippen LogP) is 2.79. The van der Waals surface area contributed by atoms with Crippen LogP contribution in [0, 0.1) is 6.92 Å². The van der Waals surface area contributed by atoms with Crippen LogP contribution in [-0.2, 0) is 17.9 Å². The number of ether oxygens (including phenoxy) is 1. The van der Waals surface area contributed by atoms with Crippen LogP contribution in [0.3, 0.4) is 0 Å². The predicted molar refractivity (Wildman–Crippen MR) is 65.3 cm³/mol. The van der Waals surface area contributed by atoms with Crippen LogP contribution in [0.2, 0.25) is 0 Å². The standard InChI is InChI=1S/C13H21NO2/c1-4-6-7-15-10-12-8-11(3)13(16-12)9-14-5-2/h4,8,14H,1,5-7,9-10H2,2-3H3. The van der Waals surface area contributed by atoms with Crippen molar-refractivity contribution in [3.05, 3.63) is 35.8 Å². The van der Waals surface area contributed by atoms with Gasteiger partial charge in [-0.05, 0) is 31.5 Å². The fraction of sp³-hybridized carbons (Fsp3) is 0.538. The Labute approximate surface area is 97.5 Å². The Morgan fingerprint density at radius 3 is 3.06 bits per heavy atom. The summed E-state index contributed by atoms with van der Waals surface area (Å²) in [5.41, 5.74) is 1.18. The van der Waals surface area contributed by atoms with Crippen molar-refractivity contribution in [3.8, 4) is 0 Å². The zero-order valence-electron chi connectivity index (χ0n) is 10.2. The molecule has 90 valence electrons. The number of hydrogen-bond donors (Lipinski definition) is 1. The molecule has 3 nitrogen and oxygen atoms in total. The van der Waals surface area contributed by atoms with E-state index in [0.717, 1.165) is 31.0 Å². The summed E-state index contributed by atoms with van der Waals surface area (Å²) < 4.78 is 11.1. The summed E-state index contributed by atoms with van der Waals surface area (Å²) in [5.74, 6) is 1.90. The SMILES string of the molecule is C=CCCOCc1cc(C)c(CNCC)o1. The first-order valence-electron chi connectivity index (χ1n) is 5.75. The van der Waals surface area contributed by atoms with Gasteiger partial charge in [0.15, 0.2) is 0 Å². The van der Waals surface area contributed by atoms with E-state index in [-0.39, 0.29) is 0 Å². The summed E-state index contributed by atoms with van der Waals surface area (Å²) in [5, 5.41) is 3.25. The van der Waals surface area contributed by atoms with E-state index in [0.29, 0.717) is 13.2 Å². The third-order valence-electron chi connectivity index (χ3n) is 2.32. The molecule has 0 saturated carbocycles. The lowest BCUT2D eigenvalue weighted by Gasteiger charge is -2.00. The minimum absolute atomic E-state index is 0.542. The van der Waals surface area contributed by atoms with Crippen LogP contribution in [0.15, 0.2) is 23.1 Å². The van der Waals surface area contributed by atoms with Crippen LogP contribution in [0.5, 0.6) is 0 Å². The minimum Gasteiger partial charge on any atom is -0.462 e. The average molecular weight is 223 g/mol. The monoisotopic (exact) mass is 223 g/mol. The van der Waals surface area contributed by atoms with Gasteiger partial charge in [-0.25, -0.2) is 0 Å². The maximum Gasteiger partial charge on any atom is 0.130 e. The number of aryl methyl sites for hydroxylation is 1. The van der Waals surface area contributed by atoms with E-state index in [1.165, 1.54) is 5.56 Å². The summed E-state index contributed by atoms with van der Waals surface area (Å²) in [6.07, 6.45) is 2.73. The Hall–Kier alpha value is -1.06. The quantitative estimate of drug-likeness (QED) is 0.543. The van der Waals surface area contributed by atoms with Gasteiger partial charge in [0.1, 0.15) is 18.1 Å². The van der Waals surface area contributed by atoms with Gasteiger partial charge in [-0.2, -0.15) is 0 Å². The largest absolute Gasteiger partial charge is 0.462 e. The molecular formula is C13H21NO2. The lowest BCUT2D eigenvalue weighted by Crippen LogP contribution is -2.11. The molecule has 1 aromatic rings. The molecule has 0 aliphatic carbocycles. The van der Waals surface area contributed by atoms with Crippen molar-refractivity contribution in [2.75, 3.05) is 13.2 Å². The van der Waals surface area contributed by atoms with Crippen molar-refractivity contribution >= 4 is 0 Å². The van der Waals surface area contributed by atoms with Crippen LogP contribution in [0.4, 0.5) is 0 Å². The van der Waals surface area contributed by atoms with Crippen molar-refractivity contribution in [1.29, 1.82) is 0 Å². The zero-order valence-corrected chi connectivity index (χ0v) is 10.2. The highest BCUT2D eigenvalue weighted by molar-refractivity contribution is 5.19. The molecule has 16 heavy (non-hydrogen) atoms. The molecule has 1 aromatic heterocycles. The zero-order chi connectivity index (χ0) is 11.8. The molecule has 1 heterocycles. The fourth-order valence-corrected chi connectivity index (χ4v) is 1.41. The molecule has 0 amide bonds. The van der Waals surface area contributed by atoms with Gasteiger partial charge in [0, 0.05) is 0 Å². The normalized spacial score (nSPS) is 10.6. The highest BCUT2D eigenvalue weighted by atomic mass is 16.5. The average Bonchev–Trinajstić information content (AvgIpc) is 2.63. The van der Waals surface area contributed by atoms with Gasteiger partial charge in [-0.15, -0.1) is 6.58 Å². The highest BCUT2D eigenvalue weighted by Crippen LogP contribution is 2.15. The van der Waals surface area contributed by atoms with Gasteiger partial charge in [-0.1, -0.05) is 13.0 Å². The van der Waals surface area contributed by atoms with Crippen molar-refractivity contribution in [2.24, 2.45) is 0 Å². The fourth-order valence-electron chi connectivity index (χ4n) is 1.41. The van der Waals surface area contributed by atoms with Crippen molar-refractivity contribution in [2.45, 2.75) is 33.4 Å². The molecule has 1 N–H and O–H groups in total. The Morgan fingerprint density at radius 2 is 2.38 bits per heavy atom. The molecular weight excluding hydrogens is 202 g/mol. The maximum absolute atomic E-state index is 5.68. The van der Waals surface area contributed by atoms with Crippen LogP contribution in [-0.4, -0.2) is 13.2 Å². The third kappa shape index (κ3) is 4.21. The Bertz CT molecular complexity index is 318. The molecule has 0 aliphatic rings. The van der Waals surface area contributed by atoms with Gasteiger partial charge in [-0.3, -0.25) is 0 Å². The van der Waals surface area contributed by atoms with E-state index in [2.05, 4.69) is 25.7 Å². The Balaban J connectivity index is 2.39. The van der Waals surface area contributed by atoms with Gasteiger partial charge in [0.25, 0.3) is 0 Å². The van der Waals surface area contributed by atoms with Gasteiger partial charge in [0.2, 0.25) is 0 Å². The first-order chi connectivity index (χ1) is 7.77. The molecule has 0 spiro atoms. The van der Waals surface area contributed by atoms with E-state index >= 15 is 0 Å². The molecule has 0 saturated heterocycles. The maximum atomic E-state index is 5.68. The van der Waals surface area contributed by atoms with Crippen molar-refractivity contribution in [1.82, 2.24) is 5.32 Å². The van der Waals surface area contributed by atoms with Gasteiger partial charge < -0.3 is 14.5 Å². The van der Waals surface area contributed by atoms with E-state index in [9.17, 15) is 0 Å². The highest BCUT2D eigenvalue weighted by Gasteiger charge is 2.06. The molecule has 0 atom stereocenters. The van der Waals surface area contributed by atoms with Crippen molar-refractivity contribution < 1.29 is 9.15 Å². The van der Waals surface area contributed by atoms with Crippen LogP contribution in [0.1, 0.15) is 30.4 Å². The summed E-state index contributed by atoms with van der Waals surface area (Å²) in [7, 11) is 0. The second-order valence-corrected chi connectivity index (χ2v) is 3.73. The topological polar surface area (TPSA) is 34.4 Å². The first-order valence-corrected chi connectivity index (χ1v) is 5.75. The van der Waals surface area contributed by atoms with Gasteiger partial charge in [0.05, 0.1) is 13.2 Å². The molecule has 0 bridgehead atoms. The molecule has 1 rings (SSSR count). The summed E-state index contributed by atoms with van der Waals surface area (Å²) in [6, 6.07) is 2.04. The molecule has 0 aliphatic heterocycles. The molecule has 0 fully saturated rings. The third-order valence-corrected chi connectivity index (χ3v) is 2.32. The minimum atomic E-state index is 0.542. The number of furan rings is 1. The Morgan fingerprint density at radius 1 is 1.56 bits per heavy atom. The summed E-state index contributed by atoms with van der Waals surface area (Å²) >= 11 is 0. The summed E-state index contributed by atoms with van der Waals surface area (Å²) in [4.78, 5) is 0. The second kappa shape index (κ2) is 7.25. The first kappa shape index (κ1) is 13.0. The number of nitrogens with one attached hydrogen (secondary N) is 1. The second-order valence-electron chi connectivity index (χ2n) is 3.73. The molecule has 0 unspecified atom stereocenters. The number of rotatable bonds is 8. The van der Waals surface area contributed by atoms with Crippen LogP contribution >= 0.6 is 0 Å². The van der Waals surface area contributed by atoms with Gasteiger partial charge >= 0.3 is 0 Å². The Kier molecular flexibility index (Phi) is 5.90. The molecule has 3 heteroatoms. The van der Waals surface area contributed by atoms with Crippen molar-refractivity contribution in [3.63, 3.8) is 0 Å². The molecule has 0 radical (unpaired) electrons. The van der Waals surface area contributed by atoms with E-state index < -0.39 is 0 Å². The molecule has 0 aromatic carbocycles. The smallest absolute Gasteiger partial charge is 0.130 e. The number of hydrogen-bond acceptors (Lipinski definition) is 3. The van der Waals surface area contributed by atoms with E-state index in [1.807, 2.05) is 12.1 Å². The van der Waals surface area contributed by atoms with E-state index in [4.69, 9.17) is 9.15 Å². The van der Waals surface area contributed by atoms with Crippen LogP contribution in [0.25, 0.3) is 0 Å². The lowest BCUT2D eigenvalue weighted by molar-refractivity contribution is 0.109. The summed E-state index contributed by atoms with van der Waals surface area (Å²) in [6.45, 7) is 10.8.